The van der Waals surface area contributed by atoms with E-state index in [9.17, 15) is 0 Å². The van der Waals surface area contributed by atoms with E-state index in [0.717, 1.165) is 67.1 Å². The van der Waals surface area contributed by atoms with E-state index in [0.29, 0.717) is 45.9 Å². The number of nitrogens with two attached hydrogens (primary N) is 2. The van der Waals surface area contributed by atoms with Crippen molar-refractivity contribution < 1.29 is 14.2 Å². The highest BCUT2D eigenvalue weighted by molar-refractivity contribution is 5.88. The van der Waals surface area contributed by atoms with Gasteiger partial charge in [0.1, 0.15) is 34.5 Å². The number of nitrogen functional groups attached to an aromatic ring is 2. The van der Waals surface area contributed by atoms with Crippen LogP contribution in [-0.2, 0) is 0 Å². The molecule has 0 aliphatic rings. The van der Waals surface area contributed by atoms with Crippen molar-refractivity contribution in [3.8, 4) is 79.5 Å². The summed E-state index contributed by atoms with van der Waals surface area (Å²) >= 11 is 0. The number of fused-ring (bicyclic) bond motifs is 2. The van der Waals surface area contributed by atoms with Crippen LogP contribution in [0.1, 0.15) is 0 Å². The van der Waals surface area contributed by atoms with E-state index in [-0.39, 0.29) is 0 Å². The molecule has 9 nitrogen and oxygen atoms in total. The maximum absolute atomic E-state index is 6.35. The number of aromatic nitrogens is 4. The summed E-state index contributed by atoms with van der Waals surface area (Å²) in [4.78, 5) is 20.4. The molecule has 8 aromatic carbocycles. The molecular weight excluding hydrogens is 757 g/mol. The predicted octanol–water partition coefficient (Wildman–Crippen LogP) is 12.8. The predicted molar refractivity (Wildman–Crippen MR) is 243 cm³/mol. The van der Waals surface area contributed by atoms with Gasteiger partial charge in [-0.3, -0.25) is 0 Å². The highest BCUT2D eigenvalue weighted by Gasteiger charge is 2.17. The van der Waals surface area contributed by atoms with Crippen LogP contribution >= 0.6 is 0 Å². The number of ether oxygens (including phenoxy) is 3. The minimum Gasteiger partial charge on any atom is -0.457 e. The molecule has 0 bridgehead atoms. The Labute approximate surface area is 351 Å². The summed E-state index contributed by atoms with van der Waals surface area (Å²) in [5.74, 6) is 4.06. The molecule has 0 aliphatic carbocycles. The van der Waals surface area contributed by atoms with Crippen molar-refractivity contribution in [1.29, 1.82) is 0 Å². The van der Waals surface area contributed by atoms with Crippen LogP contribution in [0.25, 0.3) is 67.1 Å². The quantitative estimate of drug-likeness (QED) is 0.130. The summed E-state index contributed by atoms with van der Waals surface area (Å²) < 4.78 is 18.6. The number of anilines is 2. The summed E-state index contributed by atoms with van der Waals surface area (Å²) in [6, 6.07) is 62.0. The Morgan fingerprint density at radius 3 is 0.902 bits per heavy atom. The highest BCUT2D eigenvalue weighted by Crippen LogP contribution is 2.37. The van der Waals surface area contributed by atoms with Gasteiger partial charge in [0, 0.05) is 45.8 Å². The normalized spacial score (nSPS) is 11.1. The second-order valence-electron chi connectivity index (χ2n) is 14.4. The third-order valence-electron chi connectivity index (χ3n) is 10.1. The fraction of sp³-hybridized carbons (Fsp3) is 0. The average molecular weight is 793 g/mol. The first-order valence-electron chi connectivity index (χ1n) is 19.7. The van der Waals surface area contributed by atoms with Crippen LogP contribution in [-0.4, -0.2) is 19.9 Å². The Bertz CT molecular complexity index is 2930. The second-order valence-corrected chi connectivity index (χ2v) is 14.4. The minimum absolute atomic E-state index is 0.658. The van der Waals surface area contributed by atoms with Crippen molar-refractivity contribution >= 4 is 33.4 Å². The molecule has 2 aromatic heterocycles. The maximum atomic E-state index is 6.35. The van der Waals surface area contributed by atoms with Crippen LogP contribution in [0.2, 0.25) is 0 Å². The maximum Gasteiger partial charge on any atom is 0.129 e. The van der Waals surface area contributed by atoms with E-state index in [1.54, 1.807) is 0 Å². The third-order valence-corrected chi connectivity index (χ3v) is 10.1. The van der Waals surface area contributed by atoms with Crippen LogP contribution in [0.15, 0.2) is 194 Å². The monoisotopic (exact) mass is 792 g/mol. The Hall–Kier alpha value is -8.56. The lowest BCUT2D eigenvalue weighted by molar-refractivity contribution is 0.482. The second kappa shape index (κ2) is 16.0. The average Bonchev–Trinajstić information content (AvgIpc) is 3.31. The molecule has 0 saturated carbocycles. The summed E-state index contributed by atoms with van der Waals surface area (Å²) in [6.07, 6.45) is 0. The van der Waals surface area contributed by atoms with Gasteiger partial charge in [0.05, 0.1) is 44.8 Å². The Morgan fingerprint density at radius 1 is 0.262 bits per heavy atom. The molecule has 292 valence electrons. The number of hydrogen-bond acceptors (Lipinski definition) is 9. The van der Waals surface area contributed by atoms with Gasteiger partial charge in [0.25, 0.3) is 0 Å². The zero-order valence-corrected chi connectivity index (χ0v) is 32.6. The molecule has 0 fully saturated rings. The SMILES string of the molecule is Nc1ccc(Oc2ccc3nc(-c4ccc(Oc5ccc(-c6nc7ccc(Oc8ccc(N)cc8)cc7nc6-c6ccccc6)cc5)cc4)c(-c4ccccc4)nc3c2)cc1. The molecule has 0 amide bonds. The van der Waals surface area contributed by atoms with Crippen LogP contribution < -0.4 is 25.7 Å². The van der Waals surface area contributed by atoms with E-state index in [2.05, 4.69) is 0 Å². The van der Waals surface area contributed by atoms with Crippen LogP contribution in [0.4, 0.5) is 11.4 Å². The molecule has 0 aliphatic heterocycles. The van der Waals surface area contributed by atoms with Crippen molar-refractivity contribution in [3.05, 3.63) is 194 Å². The third kappa shape index (κ3) is 7.99. The summed E-state index contributed by atoms with van der Waals surface area (Å²) in [5.41, 5.74) is 22.8. The number of nitrogens with zero attached hydrogens (tertiary/aromatic N) is 4. The number of hydrogen-bond donors (Lipinski definition) is 2. The van der Waals surface area contributed by atoms with Crippen LogP contribution in [0, 0.1) is 0 Å². The smallest absolute Gasteiger partial charge is 0.129 e. The first kappa shape index (κ1) is 36.8. The molecule has 0 radical (unpaired) electrons. The summed E-state index contributed by atoms with van der Waals surface area (Å²) in [6.45, 7) is 0. The zero-order chi connectivity index (χ0) is 41.1. The first-order chi connectivity index (χ1) is 30.0. The van der Waals surface area contributed by atoms with Gasteiger partial charge in [0.2, 0.25) is 0 Å². The molecular formula is C52H36N6O3. The number of benzene rings is 8. The van der Waals surface area contributed by atoms with E-state index < -0.39 is 0 Å². The first-order valence-corrected chi connectivity index (χ1v) is 19.7. The summed E-state index contributed by atoms with van der Waals surface area (Å²) in [7, 11) is 0. The molecule has 9 heteroatoms. The van der Waals surface area contributed by atoms with Crippen molar-refractivity contribution in [2.45, 2.75) is 0 Å². The van der Waals surface area contributed by atoms with Gasteiger partial charge in [-0.05, 0) is 121 Å². The van der Waals surface area contributed by atoms with Gasteiger partial charge in [-0.2, -0.15) is 0 Å². The molecule has 2 heterocycles. The Kier molecular flexibility index (Phi) is 9.64. The van der Waals surface area contributed by atoms with E-state index in [4.69, 9.17) is 45.6 Å². The topological polar surface area (TPSA) is 131 Å². The van der Waals surface area contributed by atoms with Gasteiger partial charge in [-0.15, -0.1) is 0 Å². The Morgan fingerprint density at radius 2 is 0.541 bits per heavy atom. The van der Waals surface area contributed by atoms with E-state index in [1.807, 2.05) is 194 Å². The lowest BCUT2D eigenvalue weighted by atomic mass is 10.0. The minimum atomic E-state index is 0.658. The standard InChI is InChI=1S/C52H36N6O3/c53-37-15-23-41(24-16-37)60-43-27-29-45-47(31-43)57-49(33-7-3-1-4-8-33)51(55-45)35-11-19-39(20-12-35)59-40-21-13-36(14-22-40)52-50(34-9-5-2-6-10-34)58-48-32-44(28-30-46(48)56-52)61-42-25-17-38(54)18-26-42/h1-32H,53-54H2. The lowest BCUT2D eigenvalue weighted by Gasteiger charge is -2.13. The number of rotatable bonds is 10. The molecule has 0 atom stereocenters. The molecule has 61 heavy (non-hydrogen) atoms. The lowest BCUT2D eigenvalue weighted by Crippen LogP contribution is -1.96. The van der Waals surface area contributed by atoms with Gasteiger partial charge in [-0.25, -0.2) is 19.9 Å². The molecule has 0 spiro atoms. The van der Waals surface area contributed by atoms with Gasteiger partial charge < -0.3 is 25.7 Å². The molecule has 10 rings (SSSR count). The molecule has 0 saturated heterocycles. The fourth-order valence-electron chi connectivity index (χ4n) is 7.03. The van der Waals surface area contributed by atoms with Crippen LogP contribution in [0.5, 0.6) is 34.5 Å². The Balaban J connectivity index is 0.915. The molecule has 4 N–H and O–H groups in total. The van der Waals surface area contributed by atoms with Gasteiger partial charge in [-0.1, -0.05) is 60.7 Å². The summed E-state index contributed by atoms with van der Waals surface area (Å²) in [5, 5.41) is 0. The van der Waals surface area contributed by atoms with Gasteiger partial charge >= 0.3 is 0 Å². The van der Waals surface area contributed by atoms with Crippen molar-refractivity contribution in [1.82, 2.24) is 19.9 Å². The van der Waals surface area contributed by atoms with Crippen LogP contribution in [0.3, 0.4) is 0 Å². The van der Waals surface area contributed by atoms with Crippen molar-refractivity contribution in [2.75, 3.05) is 11.5 Å². The van der Waals surface area contributed by atoms with Gasteiger partial charge in [0.15, 0.2) is 0 Å². The highest BCUT2D eigenvalue weighted by atomic mass is 16.5. The largest absolute Gasteiger partial charge is 0.457 e. The molecule has 0 unspecified atom stereocenters. The van der Waals surface area contributed by atoms with E-state index in [1.165, 1.54) is 0 Å². The molecule has 10 aromatic rings. The van der Waals surface area contributed by atoms with E-state index >= 15 is 0 Å². The fourth-order valence-corrected chi connectivity index (χ4v) is 7.03. The van der Waals surface area contributed by atoms with Crippen molar-refractivity contribution in [2.24, 2.45) is 0 Å². The van der Waals surface area contributed by atoms with Crippen molar-refractivity contribution in [3.63, 3.8) is 0 Å². The zero-order valence-electron chi connectivity index (χ0n) is 32.6.